The van der Waals surface area contributed by atoms with Gasteiger partial charge >= 0.3 is 0 Å². The van der Waals surface area contributed by atoms with E-state index in [4.69, 9.17) is 0 Å². The van der Waals surface area contributed by atoms with Crippen molar-refractivity contribution in [1.29, 1.82) is 0 Å². The molecule has 1 fully saturated rings. The van der Waals surface area contributed by atoms with Gasteiger partial charge < -0.3 is 0 Å². The highest BCUT2D eigenvalue weighted by atomic mass is 16.2. The molecule has 4 heteroatoms. The molecule has 0 heterocycles. The monoisotopic (exact) mass is 378 g/mol. The molecular formula is C24H30N2O2. The van der Waals surface area contributed by atoms with Crippen LogP contribution in [0.15, 0.2) is 48.5 Å². The lowest BCUT2D eigenvalue weighted by molar-refractivity contribution is -0.121. The number of aryl methyl sites for hydroxylation is 1. The zero-order valence-electron chi connectivity index (χ0n) is 16.7. The normalized spacial score (nSPS) is 14.5. The molecular weight excluding hydrogens is 348 g/mol. The molecule has 0 atom stereocenters. The van der Waals surface area contributed by atoms with E-state index in [9.17, 15) is 9.59 Å². The van der Waals surface area contributed by atoms with Gasteiger partial charge in [-0.25, -0.2) is 0 Å². The number of amides is 2. The predicted molar refractivity (Wildman–Crippen MR) is 112 cm³/mol. The van der Waals surface area contributed by atoms with Gasteiger partial charge in [-0.05, 0) is 54.0 Å². The van der Waals surface area contributed by atoms with Crippen LogP contribution in [0.1, 0.15) is 78.4 Å². The van der Waals surface area contributed by atoms with Gasteiger partial charge in [0.1, 0.15) is 0 Å². The first-order chi connectivity index (χ1) is 13.7. The summed E-state index contributed by atoms with van der Waals surface area (Å²) in [6.07, 6.45) is 8.78. The van der Waals surface area contributed by atoms with Gasteiger partial charge in [0.25, 0.3) is 5.91 Å². The highest BCUT2D eigenvalue weighted by Gasteiger charge is 2.16. The third-order valence-electron chi connectivity index (χ3n) is 5.49. The Morgan fingerprint density at radius 1 is 0.857 bits per heavy atom. The SMILES string of the molecule is CCCc1ccc(CC(=O)NNC(=O)c2ccc(C3CCCCC3)cc2)cc1. The standard InChI is InChI=1S/C24H30N2O2/c1-2-6-18-9-11-19(12-10-18)17-23(27)25-26-24(28)22-15-13-21(14-16-22)20-7-4-3-5-8-20/h9-16,20H,2-8,17H2,1H3,(H,25,27)(H,26,28). The van der Waals surface area contributed by atoms with Crippen LogP contribution >= 0.6 is 0 Å². The number of carbonyl (C=O) groups is 2. The van der Waals surface area contributed by atoms with Crippen LogP contribution in [-0.4, -0.2) is 11.8 Å². The molecule has 28 heavy (non-hydrogen) atoms. The van der Waals surface area contributed by atoms with Crippen LogP contribution in [0.25, 0.3) is 0 Å². The molecule has 0 unspecified atom stereocenters. The lowest BCUT2D eigenvalue weighted by atomic mass is 9.84. The smallest absolute Gasteiger partial charge is 0.269 e. The topological polar surface area (TPSA) is 58.2 Å². The molecule has 1 saturated carbocycles. The fourth-order valence-electron chi connectivity index (χ4n) is 3.88. The summed E-state index contributed by atoms with van der Waals surface area (Å²) in [6, 6.07) is 15.8. The quantitative estimate of drug-likeness (QED) is 0.717. The van der Waals surface area contributed by atoms with Crippen LogP contribution in [-0.2, 0) is 17.6 Å². The molecule has 0 aliphatic heterocycles. The van der Waals surface area contributed by atoms with Crippen molar-refractivity contribution in [3.8, 4) is 0 Å². The van der Waals surface area contributed by atoms with Crippen molar-refractivity contribution in [3.05, 3.63) is 70.8 Å². The zero-order valence-corrected chi connectivity index (χ0v) is 16.7. The highest BCUT2D eigenvalue weighted by molar-refractivity contribution is 5.95. The van der Waals surface area contributed by atoms with E-state index < -0.39 is 0 Å². The number of benzene rings is 2. The minimum Gasteiger partial charge on any atom is -0.273 e. The molecule has 148 valence electrons. The van der Waals surface area contributed by atoms with Gasteiger partial charge in [0.05, 0.1) is 6.42 Å². The largest absolute Gasteiger partial charge is 0.273 e. The van der Waals surface area contributed by atoms with Crippen molar-refractivity contribution in [2.45, 2.75) is 64.2 Å². The number of hydrogen-bond donors (Lipinski definition) is 2. The Kier molecular flexibility index (Phi) is 7.24. The lowest BCUT2D eigenvalue weighted by Crippen LogP contribution is -2.42. The first-order valence-electron chi connectivity index (χ1n) is 10.4. The van der Waals surface area contributed by atoms with E-state index in [0.29, 0.717) is 11.5 Å². The Labute approximate surface area is 167 Å². The molecule has 3 rings (SSSR count). The first-order valence-corrected chi connectivity index (χ1v) is 10.4. The van der Waals surface area contributed by atoms with E-state index in [-0.39, 0.29) is 18.2 Å². The van der Waals surface area contributed by atoms with E-state index in [1.165, 1.54) is 43.2 Å². The summed E-state index contributed by atoms with van der Waals surface area (Å²) in [4.78, 5) is 24.4. The average Bonchev–Trinajstić information content (AvgIpc) is 2.74. The van der Waals surface area contributed by atoms with E-state index in [1.807, 2.05) is 36.4 Å². The second-order valence-corrected chi connectivity index (χ2v) is 7.70. The molecule has 1 aliphatic carbocycles. The van der Waals surface area contributed by atoms with Crippen LogP contribution in [0, 0.1) is 0 Å². The van der Waals surface area contributed by atoms with Gasteiger partial charge in [-0.2, -0.15) is 0 Å². The summed E-state index contributed by atoms with van der Waals surface area (Å²) in [6.45, 7) is 2.15. The Bertz CT molecular complexity index is 775. The first kappa shape index (κ1) is 20.1. The Balaban J connectivity index is 1.47. The van der Waals surface area contributed by atoms with Gasteiger partial charge in [0.15, 0.2) is 0 Å². The van der Waals surface area contributed by atoms with Gasteiger partial charge in [-0.1, -0.05) is 69.0 Å². The summed E-state index contributed by atoms with van der Waals surface area (Å²) in [5.74, 6) is 0.103. The number of hydrazine groups is 1. The third kappa shape index (κ3) is 5.69. The Morgan fingerprint density at radius 2 is 1.50 bits per heavy atom. The van der Waals surface area contributed by atoms with Crippen molar-refractivity contribution in [1.82, 2.24) is 10.9 Å². The average molecular weight is 379 g/mol. The molecule has 0 aromatic heterocycles. The lowest BCUT2D eigenvalue weighted by Gasteiger charge is -2.22. The minimum atomic E-state index is -0.290. The fraction of sp³-hybridized carbons (Fsp3) is 0.417. The van der Waals surface area contributed by atoms with Crippen LogP contribution in [0.5, 0.6) is 0 Å². The van der Waals surface area contributed by atoms with Crippen molar-refractivity contribution in [3.63, 3.8) is 0 Å². The molecule has 4 nitrogen and oxygen atoms in total. The van der Waals surface area contributed by atoms with Gasteiger partial charge in [0, 0.05) is 5.56 Å². The summed E-state index contributed by atoms with van der Waals surface area (Å²) in [5, 5.41) is 0. The molecule has 0 saturated heterocycles. The van der Waals surface area contributed by atoms with Gasteiger partial charge in [0.2, 0.25) is 5.91 Å². The molecule has 1 aliphatic rings. The van der Waals surface area contributed by atoms with Crippen molar-refractivity contribution in [2.75, 3.05) is 0 Å². The molecule has 0 bridgehead atoms. The zero-order chi connectivity index (χ0) is 19.8. The maximum Gasteiger partial charge on any atom is 0.269 e. The Hall–Kier alpha value is -2.62. The predicted octanol–water partition coefficient (Wildman–Crippen LogP) is 4.69. The van der Waals surface area contributed by atoms with Crippen LogP contribution in [0.3, 0.4) is 0 Å². The second kappa shape index (κ2) is 10.1. The molecule has 0 spiro atoms. The number of nitrogens with one attached hydrogen (secondary N) is 2. The second-order valence-electron chi connectivity index (χ2n) is 7.70. The maximum absolute atomic E-state index is 12.3. The molecule has 2 aromatic rings. The number of carbonyl (C=O) groups excluding carboxylic acids is 2. The van der Waals surface area contributed by atoms with Crippen molar-refractivity contribution >= 4 is 11.8 Å². The number of hydrogen-bond acceptors (Lipinski definition) is 2. The summed E-state index contributed by atoms with van der Waals surface area (Å²) in [5.41, 5.74) is 9.10. The van der Waals surface area contributed by atoms with Crippen molar-refractivity contribution in [2.24, 2.45) is 0 Å². The fourth-order valence-corrected chi connectivity index (χ4v) is 3.88. The van der Waals surface area contributed by atoms with Crippen molar-refractivity contribution < 1.29 is 9.59 Å². The summed E-state index contributed by atoms with van der Waals surface area (Å²) >= 11 is 0. The summed E-state index contributed by atoms with van der Waals surface area (Å²) in [7, 11) is 0. The van der Waals surface area contributed by atoms with Crippen LogP contribution in [0.4, 0.5) is 0 Å². The molecule has 2 N–H and O–H groups in total. The molecule has 2 aromatic carbocycles. The molecule has 0 radical (unpaired) electrons. The minimum absolute atomic E-state index is 0.226. The van der Waals surface area contributed by atoms with Crippen LogP contribution < -0.4 is 10.9 Å². The van der Waals surface area contributed by atoms with E-state index in [0.717, 1.165) is 18.4 Å². The van der Waals surface area contributed by atoms with Gasteiger partial charge in [-0.15, -0.1) is 0 Å². The maximum atomic E-state index is 12.3. The van der Waals surface area contributed by atoms with E-state index in [1.54, 1.807) is 0 Å². The summed E-state index contributed by atoms with van der Waals surface area (Å²) < 4.78 is 0. The van der Waals surface area contributed by atoms with E-state index in [2.05, 4.69) is 29.9 Å². The third-order valence-corrected chi connectivity index (χ3v) is 5.49. The number of rotatable bonds is 6. The van der Waals surface area contributed by atoms with E-state index >= 15 is 0 Å². The van der Waals surface area contributed by atoms with Gasteiger partial charge in [-0.3, -0.25) is 20.4 Å². The molecule has 2 amide bonds. The Morgan fingerprint density at radius 3 is 2.14 bits per heavy atom. The van der Waals surface area contributed by atoms with Crippen LogP contribution in [0.2, 0.25) is 0 Å². The highest BCUT2D eigenvalue weighted by Crippen LogP contribution is 2.32.